The minimum Gasteiger partial charge on any atom is -0.495 e. The van der Waals surface area contributed by atoms with Crippen molar-refractivity contribution in [2.24, 2.45) is 0 Å². The van der Waals surface area contributed by atoms with Crippen LogP contribution in [0.3, 0.4) is 0 Å². The molecule has 0 aliphatic carbocycles. The number of carbonyl (C=O) groups is 1. The predicted molar refractivity (Wildman–Crippen MR) is 80.6 cm³/mol. The quantitative estimate of drug-likeness (QED) is 0.889. The van der Waals surface area contributed by atoms with Gasteiger partial charge in [-0.25, -0.2) is 0 Å². The van der Waals surface area contributed by atoms with Crippen LogP contribution >= 0.6 is 11.6 Å². The van der Waals surface area contributed by atoms with Gasteiger partial charge >= 0.3 is 0 Å². The standard InChI is InChI=1S/C15H21ClN2O2/c1-11-5-3-4-8-18(11)10-15(19)17-13-9-12(16)6-7-14(13)20-2/h6-7,9,11H,3-5,8,10H2,1-2H3,(H,17,19)/p+1/t11-/m1/s1. The number of hydrogen-bond acceptors (Lipinski definition) is 2. The van der Waals surface area contributed by atoms with E-state index in [9.17, 15) is 4.79 Å². The first-order valence-corrected chi connectivity index (χ1v) is 7.46. The van der Waals surface area contributed by atoms with Crippen molar-refractivity contribution in [3.8, 4) is 5.75 Å². The van der Waals surface area contributed by atoms with E-state index in [0.29, 0.717) is 29.0 Å². The molecule has 0 bridgehead atoms. The van der Waals surface area contributed by atoms with Crippen molar-refractivity contribution in [1.82, 2.24) is 0 Å². The average Bonchev–Trinajstić information content (AvgIpc) is 2.41. The third-order valence-corrected chi connectivity index (χ3v) is 4.14. The summed E-state index contributed by atoms with van der Waals surface area (Å²) in [6.45, 7) is 3.78. The van der Waals surface area contributed by atoms with Gasteiger partial charge in [0.15, 0.2) is 6.54 Å². The van der Waals surface area contributed by atoms with Crippen LogP contribution in [0.25, 0.3) is 0 Å². The number of ether oxygens (including phenoxy) is 1. The third kappa shape index (κ3) is 3.87. The molecule has 2 atom stereocenters. The molecule has 0 saturated carbocycles. The van der Waals surface area contributed by atoms with Crippen LogP contribution in [0, 0.1) is 0 Å². The number of quaternary nitrogens is 1. The fourth-order valence-electron chi connectivity index (χ4n) is 2.69. The molecule has 1 aliphatic rings. The second kappa shape index (κ2) is 6.95. The SMILES string of the molecule is COc1ccc(Cl)cc1NC(=O)C[NH+]1CCCC[C@H]1C. The lowest BCUT2D eigenvalue weighted by atomic mass is 10.0. The van der Waals surface area contributed by atoms with E-state index in [4.69, 9.17) is 16.3 Å². The van der Waals surface area contributed by atoms with Gasteiger partial charge in [-0.15, -0.1) is 0 Å². The molecule has 1 fully saturated rings. The van der Waals surface area contributed by atoms with Crippen molar-refractivity contribution in [2.75, 3.05) is 25.5 Å². The zero-order chi connectivity index (χ0) is 14.5. The van der Waals surface area contributed by atoms with Crippen LogP contribution in [0.4, 0.5) is 5.69 Å². The number of piperidine rings is 1. The van der Waals surface area contributed by atoms with Gasteiger partial charge in [-0.3, -0.25) is 4.79 Å². The molecule has 5 heteroatoms. The van der Waals surface area contributed by atoms with Crippen LogP contribution < -0.4 is 15.0 Å². The fraction of sp³-hybridized carbons (Fsp3) is 0.533. The number of hydrogen-bond donors (Lipinski definition) is 2. The second-order valence-electron chi connectivity index (χ2n) is 5.37. The highest BCUT2D eigenvalue weighted by Gasteiger charge is 2.24. The summed E-state index contributed by atoms with van der Waals surface area (Å²) in [5.74, 6) is 0.638. The van der Waals surface area contributed by atoms with E-state index in [2.05, 4.69) is 12.2 Å². The molecule has 1 heterocycles. The Bertz CT molecular complexity index is 479. The lowest BCUT2D eigenvalue weighted by Gasteiger charge is -2.29. The zero-order valence-electron chi connectivity index (χ0n) is 12.0. The molecule has 1 saturated heterocycles. The molecule has 1 unspecified atom stereocenters. The van der Waals surface area contributed by atoms with Gasteiger partial charge in [-0.2, -0.15) is 0 Å². The van der Waals surface area contributed by atoms with Gasteiger partial charge in [0.05, 0.1) is 25.4 Å². The zero-order valence-corrected chi connectivity index (χ0v) is 12.8. The van der Waals surface area contributed by atoms with Crippen molar-refractivity contribution < 1.29 is 14.4 Å². The third-order valence-electron chi connectivity index (χ3n) is 3.91. The van der Waals surface area contributed by atoms with E-state index in [-0.39, 0.29) is 5.91 Å². The lowest BCUT2D eigenvalue weighted by Crippen LogP contribution is -3.17. The fourth-order valence-corrected chi connectivity index (χ4v) is 2.87. The van der Waals surface area contributed by atoms with E-state index in [1.165, 1.54) is 24.2 Å². The van der Waals surface area contributed by atoms with Crippen molar-refractivity contribution in [3.63, 3.8) is 0 Å². The average molecular weight is 298 g/mol. The summed E-state index contributed by atoms with van der Waals surface area (Å²) in [5.41, 5.74) is 0.633. The minimum atomic E-state index is 0.00863. The molecule has 110 valence electrons. The van der Waals surface area contributed by atoms with E-state index in [1.54, 1.807) is 25.3 Å². The maximum Gasteiger partial charge on any atom is 0.279 e. The lowest BCUT2D eigenvalue weighted by molar-refractivity contribution is -0.920. The Kier molecular flexibility index (Phi) is 5.26. The van der Waals surface area contributed by atoms with E-state index in [0.717, 1.165) is 6.54 Å². The van der Waals surface area contributed by atoms with Crippen molar-refractivity contribution in [1.29, 1.82) is 0 Å². The molecule has 1 aliphatic heterocycles. The van der Waals surface area contributed by atoms with Gasteiger partial charge in [-0.1, -0.05) is 11.6 Å². The summed E-state index contributed by atoms with van der Waals surface area (Å²) < 4.78 is 5.23. The summed E-state index contributed by atoms with van der Waals surface area (Å²) >= 11 is 5.96. The normalized spacial score (nSPS) is 22.4. The maximum absolute atomic E-state index is 12.2. The minimum absolute atomic E-state index is 0.00863. The van der Waals surface area contributed by atoms with Crippen LogP contribution in [0.15, 0.2) is 18.2 Å². The molecule has 0 spiro atoms. The van der Waals surface area contributed by atoms with Gasteiger partial charge < -0.3 is 15.0 Å². The number of methoxy groups -OCH3 is 1. The highest BCUT2D eigenvalue weighted by Crippen LogP contribution is 2.27. The van der Waals surface area contributed by atoms with Gasteiger partial charge in [0.2, 0.25) is 0 Å². The number of benzene rings is 1. The predicted octanol–water partition coefficient (Wildman–Crippen LogP) is 1.74. The van der Waals surface area contributed by atoms with Crippen molar-refractivity contribution in [2.45, 2.75) is 32.2 Å². The maximum atomic E-state index is 12.2. The molecule has 1 amide bonds. The summed E-state index contributed by atoms with van der Waals surface area (Å²) in [6.07, 6.45) is 3.67. The Hall–Kier alpha value is -1.26. The summed E-state index contributed by atoms with van der Waals surface area (Å²) in [4.78, 5) is 13.5. The number of anilines is 1. The van der Waals surface area contributed by atoms with Gasteiger partial charge in [0.25, 0.3) is 5.91 Å². The molecule has 1 aromatic carbocycles. The largest absolute Gasteiger partial charge is 0.495 e. The van der Waals surface area contributed by atoms with Crippen LogP contribution in [-0.4, -0.2) is 32.1 Å². The number of nitrogens with one attached hydrogen (secondary N) is 2. The first kappa shape index (κ1) is 15.1. The number of likely N-dealkylation sites (tertiary alicyclic amines) is 1. The molecule has 2 N–H and O–H groups in total. The molecular formula is C15H22ClN2O2+. The van der Waals surface area contributed by atoms with Crippen LogP contribution in [0.2, 0.25) is 5.02 Å². The molecule has 4 nitrogen and oxygen atoms in total. The Balaban J connectivity index is 1.99. The van der Waals surface area contributed by atoms with Crippen molar-refractivity contribution >= 4 is 23.2 Å². The van der Waals surface area contributed by atoms with Gasteiger partial charge in [-0.05, 0) is 44.4 Å². The van der Waals surface area contributed by atoms with Crippen molar-refractivity contribution in [3.05, 3.63) is 23.2 Å². The van der Waals surface area contributed by atoms with Gasteiger partial charge in [0, 0.05) is 5.02 Å². The highest BCUT2D eigenvalue weighted by molar-refractivity contribution is 6.31. The van der Waals surface area contributed by atoms with Crippen LogP contribution in [0.5, 0.6) is 5.75 Å². The molecule has 2 rings (SSSR count). The number of carbonyl (C=O) groups excluding carboxylic acids is 1. The smallest absolute Gasteiger partial charge is 0.279 e. The Morgan fingerprint density at radius 1 is 1.50 bits per heavy atom. The number of rotatable bonds is 4. The number of halogens is 1. The molecular weight excluding hydrogens is 276 g/mol. The number of amides is 1. The Labute approximate surface area is 125 Å². The monoisotopic (exact) mass is 297 g/mol. The Morgan fingerprint density at radius 2 is 2.30 bits per heavy atom. The van der Waals surface area contributed by atoms with Crippen LogP contribution in [0.1, 0.15) is 26.2 Å². The first-order valence-electron chi connectivity index (χ1n) is 7.08. The van der Waals surface area contributed by atoms with Gasteiger partial charge in [0.1, 0.15) is 5.75 Å². The van der Waals surface area contributed by atoms with Crippen LogP contribution in [-0.2, 0) is 4.79 Å². The first-order chi connectivity index (χ1) is 9.60. The highest BCUT2D eigenvalue weighted by atomic mass is 35.5. The molecule has 0 aromatic heterocycles. The second-order valence-corrected chi connectivity index (χ2v) is 5.81. The van der Waals surface area contributed by atoms with E-state index < -0.39 is 0 Å². The topological polar surface area (TPSA) is 42.8 Å². The van der Waals surface area contributed by atoms with E-state index in [1.807, 2.05) is 0 Å². The molecule has 20 heavy (non-hydrogen) atoms. The molecule has 1 aromatic rings. The summed E-state index contributed by atoms with van der Waals surface area (Å²) in [7, 11) is 1.58. The molecule has 0 radical (unpaired) electrons. The van der Waals surface area contributed by atoms with E-state index >= 15 is 0 Å². The summed E-state index contributed by atoms with van der Waals surface area (Å²) in [5, 5.41) is 3.48. The summed E-state index contributed by atoms with van der Waals surface area (Å²) in [6, 6.07) is 5.77. The Morgan fingerprint density at radius 3 is 3.00 bits per heavy atom.